The van der Waals surface area contributed by atoms with Crippen molar-refractivity contribution in [3.63, 3.8) is 0 Å². The number of ketones is 1. The van der Waals surface area contributed by atoms with Crippen molar-refractivity contribution in [1.29, 1.82) is 0 Å². The third-order valence-electron chi connectivity index (χ3n) is 5.41. The minimum Gasteiger partial charge on any atom is -0.503 e. The molecule has 0 bridgehead atoms. The van der Waals surface area contributed by atoms with E-state index in [1.807, 2.05) is 31.2 Å². The van der Waals surface area contributed by atoms with Crippen LogP contribution in [-0.2, 0) is 9.53 Å². The summed E-state index contributed by atoms with van der Waals surface area (Å²) in [5, 5.41) is 11.5. The Morgan fingerprint density at radius 3 is 2.50 bits per heavy atom. The first kappa shape index (κ1) is 23.9. The quantitative estimate of drug-likeness (QED) is 0.392. The maximum atomic E-state index is 13.4. The first-order valence-electron chi connectivity index (χ1n) is 10.8. The first-order valence-corrected chi connectivity index (χ1v) is 11.6. The van der Waals surface area contributed by atoms with Crippen LogP contribution in [0.25, 0.3) is 0 Å². The number of hydrogen-bond acceptors (Lipinski definition) is 7. The van der Waals surface area contributed by atoms with E-state index in [0.29, 0.717) is 17.2 Å². The van der Waals surface area contributed by atoms with Crippen LogP contribution < -0.4 is 4.74 Å². The maximum absolute atomic E-state index is 13.4. The predicted octanol–water partition coefficient (Wildman–Crippen LogP) is 4.55. The summed E-state index contributed by atoms with van der Waals surface area (Å²) in [6.07, 6.45) is 3.23. The highest BCUT2D eigenvalue weighted by atomic mass is 32.1. The number of aliphatic hydroxyl groups is 1. The van der Waals surface area contributed by atoms with Crippen LogP contribution in [0.1, 0.15) is 58.2 Å². The number of nitrogens with zero attached hydrogens (tertiary/aromatic N) is 2. The van der Waals surface area contributed by atoms with E-state index in [4.69, 9.17) is 9.47 Å². The number of amides is 1. The highest BCUT2D eigenvalue weighted by Gasteiger charge is 2.44. The number of ether oxygens (including phenoxy) is 2. The van der Waals surface area contributed by atoms with Gasteiger partial charge in [0.1, 0.15) is 5.75 Å². The lowest BCUT2D eigenvalue weighted by Gasteiger charge is -2.26. The van der Waals surface area contributed by atoms with Crippen molar-refractivity contribution >= 4 is 23.0 Å². The van der Waals surface area contributed by atoms with Crippen LogP contribution in [0, 0.1) is 13.8 Å². The van der Waals surface area contributed by atoms with Gasteiger partial charge in [-0.2, -0.15) is 0 Å². The SMILES string of the molecule is CCCCCOc1ccc(C2C(C(=O)c3sc(C)nc3C)=C(O)C(=O)N2CCOC)cc1. The topological polar surface area (TPSA) is 89.0 Å². The number of rotatable bonds is 11. The molecule has 1 aromatic carbocycles. The van der Waals surface area contributed by atoms with E-state index < -0.39 is 17.7 Å². The second-order valence-electron chi connectivity index (χ2n) is 7.76. The standard InChI is InChI=1S/C24H30N2O5S/c1-5-6-7-13-31-18-10-8-17(9-11-18)20-19(21(27)23-15(2)25-16(3)32-23)22(28)24(29)26(20)12-14-30-4/h8-11,20,28H,5-7,12-14H2,1-4H3. The van der Waals surface area contributed by atoms with Crippen molar-refractivity contribution in [3.8, 4) is 5.75 Å². The molecule has 32 heavy (non-hydrogen) atoms. The van der Waals surface area contributed by atoms with Crippen LogP contribution in [0.3, 0.4) is 0 Å². The number of aromatic nitrogens is 1. The van der Waals surface area contributed by atoms with E-state index in [0.717, 1.165) is 35.6 Å². The van der Waals surface area contributed by atoms with Crippen LogP contribution in [0.2, 0.25) is 0 Å². The number of methoxy groups -OCH3 is 1. The minimum atomic E-state index is -0.707. The molecule has 0 saturated heterocycles. The summed E-state index contributed by atoms with van der Waals surface area (Å²) in [7, 11) is 1.54. The van der Waals surface area contributed by atoms with E-state index in [9.17, 15) is 14.7 Å². The Morgan fingerprint density at radius 2 is 1.91 bits per heavy atom. The monoisotopic (exact) mass is 458 g/mol. The summed E-state index contributed by atoms with van der Waals surface area (Å²) < 4.78 is 10.9. The van der Waals surface area contributed by atoms with E-state index in [-0.39, 0.29) is 24.5 Å². The summed E-state index contributed by atoms with van der Waals surface area (Å²) in [5.74, 6) is -0.730. The van der Waals surface area contributed by atoms with Crippen molar-refractivity contribution < 1.29 is 24.2 Å². The molecule has 1 aromatic heterocycles. The molecule has 8 heteroatoms. The molecule has 1 amide bonds. The zero-order valence-corrected chi connectivity index (χ0v) is 19.8. The van der Waals surface area contributed by atoms with Gasteiger partial charge in [0.05, 0.1) is 40.4 Å². The van der Waals surface area contributed by atoms with Gasteiger partial charge in [-0.1, -0.05) is 31.9 Å². The summed E-state index contributed by atoms with van der Waals surface area (Å²) in [6, 6.07) is 6.63. The molecule has 1 unspecified atom stereocenters. The molecular formula is C24H30N2O5S. The molecule has 1 atom stereocenters. The number of Topliss-reactive ketones (excluding diaryl/α,β-unsaturated/α-hetero) is 1. The van der Waals surface area contributed by atoms with Gasteiger partial charge in [-0.15, -0.1) is 11.3 Å². The summed E-state index contributed by atoms with van der Waals surface area (Å²) in [5.41, 5.74) is 1.39. The van der Waals surface area contributed by atoms with E-state index >= 15 is 0 Å². The number of carbonyl (C=O) groups excluding carboxylic acids is 2. The fraction of sp³-hybridized carbons (Fsp3) is 0.458. The molecule has 0 fully saturated rings. The average molecular weight is 459 g/mol. The molecular weight excluding hydrogens is 428 g/mol. The molecule has 7 nitrogen and oxygen atoms in total. The maximum Gasteiger partial charge on any atom is 0.290 e. The average Bonchev–Trinajstić information content (AvgIpc) is 3.25. The third kappa shape index (κ3) is 5.02. The Bertz CT molecular complexity index is 996. The predicted molar refractivity (Wildman–Crippen MR) is 123 cm³/mol. The molecule has 1 aliphatic heterocycles. The molecule has 0 aliphatic carbocycles. The van der Waals surface area contributed by atoms with Crippen LogP contribution in [-0.4, -0.2) is 53.5 Å². The van der Waals surface area contributed by atoms with Crippen molar-refractivity contribution in [3.05, 3.63) is 56.7 Å². The Morgan fingerprint density at radius 1 is 1.19 bits per heavy atom. The second-order valence-corrected chi connectivity index (χ2v) is 8.96. The normalized spacial score (nSPS) is 16.2. The number of unbranched alkanes of at least 4 members (excludes halogenated alkanes) is 2. The molecule has 2 heterocycles. The van der Waals surface area contributed by atoms with Crippen molar-refractivity contribution in [2.45, 2.75) is 46.1 Å². The van der Waals surface area contributed by atoms with Crippen LogP contribution >= 0.6 is 11.3 Å². The molecule has 0 spiro atoms. The lowest BCUT2D eigenvalue weighted by Crippen LogP contribution is -2.34. The first-order chi connectivity index (χ1) is 15.4. The zero-order valence-electron chi connectivity index (χ0n) is 19.0. The van der Waals surface area contributed by atoms with Gasteiger partial charge in [0.25, 0.3) is 5.91 Å². The minimum absolute atomic E-state index is 0.0782. The molecule has 3 rings (SSSR count). The van der Waals surface area contributed by atoms with E-state index in [1.165, 1.54) is 16.2 Å². The van der Waals surface area contributed by atoms with Crippen molar-refractivity contribution in [2.24, 2.45) is 0 Å². The summed E-state index contributed by atoms with van der Waals surface area (Å²) in [4.78, 5) is 32.5. The van der Waals surface area contributed by atoms with Gasteiger partial charge >= 0.3 is 0 Å². The highest BCUT2D eigenvalue weighted by Crippen LogP contribution is 2.40. The Labute approximate surface area is 192 Å². The lowest BCUT2D eigenvalue weighted by molar-refractivity contribution is -0.130. The number of hydrogen-bond donors (Lipinski definition) is 1. The van der Waals surface area contributed by atoms with Crippen molar-refractivity contribution in [2.75, 3.05) is 26.9 Å². The van der Waals surface area contributed by atoms with Gasteiger partial charge < -0.3 is 19.5 Å². The molecule has 0 saturated carbocycles. The zero-order chi connectivity index (χ0) is 23.3. The van der Waals surface area contributed by atoms with E-state index in [1.54, 1.807) is 14.0 Å². The fourth-order valence-electron chi connectivity index (χ4n) is 3.81. The van der Waals surface area contributed by atoms with Crippen LogP contribution in [0.5, 0.6) is 5.75 Å². The smallest absolute Gasteiger partial charge is 0.290 e. The second kappa shape index (κ2) is 10.7. The molecule has 0 radical (unpaired) electrons. The number of aryl methyl sites for hydroxylation is 2. The lowest BCUT2D eigenvalue weighted by atomic mass is 9.95. The molecule has 2 aromatic rings. The summed E-state index contributed by atoms with van der Waals surface area (Å²) in [6.45, 7) is 6.90. The largest absolute Gasteiger partial charge is 0.503 e. The number of aliphatic hydroxyl groups excluding tert-OH is 1. The summed E-state index contributed by atoms with van der Waals surface area (Å²) >= 11 is 1.26. The van der Waals surface area contributed by atoms with Gasteiger partial charge in [0.15, 0.2) is 5.76 Å². The molecule has 1 N–H and O–H groups in total. The number of thiazole rings is 1. The highest BCUT2D eigenvalue weighted by molar-refractivity contribution is 7.14. The Balaban J connectivity index is 1.93. The third-order valence-corrected chi connectivity index (χ3v) is 6.48. The Kier molecular flexibility index (Phi) is 8.04. The molecule has 1 aliphatic rings. The van der Waals surface area contributed by atoms with Crippen molar-refractivity contribution in [1.82, 2.24) is 9.88 Å². The van der Waals surface area contributed by atoms with Gasteiger partial charge in [0, 0.05) is 13.7 Å². The van der Waals surface area contributed by atoms with Crippen LogP contribution in [0.4, 0.5) is 0 Å². The van der Waals surface area contributed by atoms with Gasteiger partial charge in [-0.25, -0.2) is 4.98 Å². The van der Waals surface area contributed by atoms with Crippen LogP contribution in [0.15, 0.2) is 35.6 Å². The fourth-order valence-corrected chi connectivity index (χ4v) is 4.68. The van der Waals surface area contributed by atoms with Gasteiger partial charge in [0.2, 0.25) is 5.78 Å². The van der Waals surface area contributed by atoms with Gasteiger partial charge in [-0.3, -0.25) is 9.59 Å². The Hall–Kier alpha value is -2.71. The molecule has 172 valence electrons. The number of benzene rings is 1. The number of carbonyl (C=O) groups is 2. The van der Waals surface area contributed by atoms with E-state index in [2.05, 4.69) is 11.9 Å². The van der Waals surface area contributed by atoms with Gasteiger partial charge in [-0.05, 0) is 38.0 Å².